The standard InChI is InChI=1S/C6H12O2/c1-4-6(3)8-7-5-2/h4H,5H2,1-3H3/b6-4+. The predicted octanol–water partition coefficient (Wildman–Crippen LogP) is 1.88. The summed E-state index contributed by atoms with van der Waals surface area (Å²) in [5.74, 6) is 0.798. The second-order valence-corrected chi connectivity index (χ2v) is 1.39. The van der Waals surface area contributed by atoms with Crippen molar-refractivity contribution < 1.29 is 9.78 Å². The number of hydrogen-bond acceptors (Lipinski definition) is 2. The minimum atomic E-state index is 0.588. The highest BCUT2D eigenvalue weighted by atomic mass is 17.2. The Labute approximate surface area is 50.0 Å². The van der Waals surface area contributed by atoms with Crippen LogP contribution < -0.4 is 0 Å². The number of hydrogen-bond donors (Lipinski definition) is 0. The Bertz CT molecular complexity index is 76.6. The first kappa shape index (κ1) is 7.50. The second-order valence-electron chi connectivity index (χ2n) is 1.39. The largest absolute Gasteiger partial charge is 0.343 e. The lowest BCUT2D eigenvalue weighted by Gasteiger charge is -1.99. The Balaban J connectivity index is 3.12. The molecule has 0 N–H and O–H groups in total. The molecule has 2 heteroatoms. The van der Waals surface area contributed by atoms with E-state index in [4.69, 9.17) is 4.89 Å². The van der Waals surface area contributed by atoms with Crippen molar-refractivity contribution in [2.45, 2.75) is 20.8 Å². The molecule has 0 rings (SSSR count). The average Bonchev–Trinajstić information content (AvgIpc) is 1.83. The van der Waals surface area contributed by atoms with E-state index in [1.807, 2.05) is 26.8 Å². The molecule has 0 atom stereocenters. The molecule has 0 bridgehead atoms. The van der Waals surface area contributed by atoms with Gasteiger partial charge in [0.1, 0.15) is 5.76 Å². The minimum absolute atomic E-state index is 0.588. The van der Waals surface area contributed by atoms with Crippen molar-refractivity contribution in [3.8, 4) is 0 Å². The van der Waals surface area contributed by atoms with Crippen LogP contribution in [0, 0.1) is 0 Å². The van der Waals surface area contributed by atoms with E-state index in [9.17, 15) is 0 Å². The molecule has 0 radical (unpaired) electrons. The van der Waals surface area contributed by atoms with Gasteiger partial charge in [-0.3, -0.25) is 0 Å². The number of rotatable bonds is 3. The highest BCUT2D eigenvalue weighted by molar-refractivity contribution is 4.82. The van der Waals surface area contributed by atoms with Crippen LogP contribution in [0.3, 0.4) is 0 Å². The van der Waals surface area contributed by atoms with Gasteiger partial charge in [-0.05, 0) is 26.8 Å². The van der Waals surface area contributed by atoms with Gasteiger partial charge < -0.3 is 4.89 Å². The van der Waals surface area contributed by atoms with Gasteiger partial charge >= 0.3 is 0 Å². The molecule has 0 aromatic rings. The van der Waals surface area contributed by atoms with E-state index in [2.05, 4.69) is 4.89 Å². The van der Waals surface area contributed by atoms with Gasteiger partial charge in [0.05, 0.1) is 6.61 Å². The highest BCUT2D eigenvalue weighted by Gasteiger charge is 1.83. The third-order valence-electron chi connectivity index (χ3n) is 0.715. The Kier molecular flexibility index (Phi) is 4.36. The highest BCUT2D eigenvalue weighted by Crippen LogP contribution is 1.93. The van der Waals surface area contributed by atoms with Crippen LogP contribution in [0.1, 0.15) is 20.8 Å². The normalized spacial score (nSPS) is 11.6. The van der Waals surface area contributed by atoms with E-state index < -0.39 is 0 Å². The second kappa shape index (κ2) is 4.65. The van der Waals surface area contributed by atoms with Gasteiger partial charge in [0.25, 0.3) is 0 Å². The van der Waals surface area contributed by atoms with E-state index in [0.29, 0.717) is 6.61 Å². The summed E-state index contributed by atoms with van der Waals surface area (Å²) in [6.07, 6.45) is 1.84. The molecule has 8 heavy (non-hydrogen) atoms. The van der Waals surface area contributed by atoms with Gasteiger partial charge in [0, 0.05) is 0 Å². The molecule has 0 unspecified atom stereocenters. The van der Waals surface area contributed by atoms with Crippen molar-refractivity contribution in [2.24, 2.45) is 0 Å². The lowest BCUT2D eigenvalue weighted by Crippen LogP contribution is -1.89. The molecule has 0 heterocycles. The molecule has 0 amide bonds. The predicted molar refractivity (Wildman–Crippen MR) is 32.1 cm³/mol. The molecule has 0 saturated heterocycles. The number of allylic oxidation sites excluding steroid dienone is 2. The molecule has 0 aliphatic heterocycles. The fourth-order valence-corrected chi connectivity index (χ4v) is 0.200. The molecule has 0 aromatic carbocycles. The van der Waals surface area contributed by atoms with Gasteiger partial charge in [-0.15, -0.1) is 0 Å². The summed E-state index contributed by atoms with van der Waals surface area (Å²) < 4.78 is 0. The molecule has 2 nitrogen and oxygen atoms in total. The maximum absolute atomic E-state index is 4.70. The quantitative estimate of drug-likeness (QED) is 0.318. The van der Waals surface area contributed by atoms with E-state index in [0.717, 1.165) is 5.76 Å². The summed E-state index contributed by atoms with van der Waals surface area (Å²) in [7, 11) is 0. The average molecular weight is 116 g/mol. The zero-order valence-electron chi connectivity index (χ0n) is 5.60. The van der Waals surface area contributed by atoms with E-state index in [1.54, 1.807) is 0 Å². The topological polar surface area (TPSA) is 18.5 Å². The van der Waals surface area contributed by atoms with E-state index in [-0.39, 0.29) is 0 Å². The monoisotopic (exact) mass is 116 g/mol. The van der Waals surface area contributed by atoms with Crippen molar-refractivity contribution in [3.63, 3.8) is 0 Å². The van der Waals surface area contributed by atoms with Gasteiger partial charge in [0.15, 0.2) is 0 Å². The minimum Gasteiger partial charge on any atom is -0.343 e. The van der Waals surface area contributed by atoms with Crippen molar-refractivity contribution in [2.75, 3.05) is 6.61 Å². The summed E-state index contributed by atoms with van der Waals surface area (Å²) in [6, 6.07) is 0. The zero-order valence-corrected chi connectivity index (χ0v) is 5.60. The maximum Gasteiger partial charge on any atom is 0.135 e. The maximum atomic E-state index is 4.70. The van der Waals surface area contributed by atoms with Crippen molar-refractivity contribution in [3.05, 3.63) is 11.8 Å². The third-order valence-corrected chi connectivity index (χ3v) is 0.715. The van der Waals surface area contributed by atoms with Crippen LogP contribution in [0.5, 0.6) is 0 Å². The van der Waals surface area contributed by atoms with Crippen molar-refractivity contribution >= 4 is 0 Å². The zero-order chi connectivity index (χ0) is 6.41. The molecule has 48 valence electrons. The van der Waals surface area contributed by atoms with Crippen LogP contribution in [-0.2, 0) is 9.78 Å². The fraction of sp³-hybridized carbons (Fsp3) is 0.667. The molecule has 0 aliphatic rings. The van der Waals surface area contributed by atoms with Gasteiger partial charge in [-0.25, -0.2) is 0 Å². The lowest BCUT2D eigenvalue weighted by atomic mass is 10.5. The van der Waals surface area contributed by atoms with Crippen LogP contribution in [0.4, 0.5) is 0 Å². The first-order chi connectivity index (χ1) is 3.81. The van der Waals surface area contributed by atoms with Gasteiger partial charge in [0.2, 0.25) is 0 Å². The molecule has 0 fully saturated rings. The molecule has 0 aromatic heterocycles. The summed E-state index contributed by atoms with van der Waals surface area (Å²) in [4.78, 5) is 9.32. The van der Waals surface area contributed by atoms with Crippen LogP contribution in [0.2, 0.25) is 0 Å². The smallest absolute Gasteiger partial charge is 0.135 e. The molecular weight excluding hydrogens is 104 g/mol. The Morgan fingerprint density at radius 3 is 2.62 bits per heavy atom. The fourth-order valence-electron chi connectivity index (χ4n) is 0.200. The lowest BCUT2D eigenvalue weighted by molar-refractivity contribution is -0.257. The Hall–Kier alpha value is -0.500. The molecular formula is C6H12O2. The van der Waals surface area contributed by atoms with Crippen LogP contribution in [-0.4, -0.2) is 6.61 Å². The van der Waals surface area contributed by atoms with Crippen molar-refractivity contribution in [1.29, 1.82) is 0 Å². The summed E-state index contributed by atoms with van der Waals surface area (Å²) >= 11 is 0. The van der Waals surface area contributed by atoms with E-state index >= 15 is 0 Å². The molecule has 0 spiro atoms. The Morgan fingerprint density at radius 1 is 1.62 bits per heavy atom. The van der Waals surface area contributed by atoms with Gasteiger partial charge in [-0.1, -0.05) is 0 Å². The van der Waals surface area contributed by atoms with Crippen LogP contribution in [0.25, 0.3) is 0 Å². The molecule has 0 aliphatic carbocycles. The first-order valence-corrected chi connectivity index (χ1v) is 2.73. The third kappa shape index (κ3) is 3.68. The summed E-state index contributed by atoms with van der Waals surface area (Å²) in [6.45, 7) is 6.21. The SMILES string of the molecule is C/C=C(\C)OOCC. The Morgan fingerprint density at radius 2 is 2.25 bits per heavy atom. The van der Waals surface area contributed by atoms with Crippen LogP contribution >= 0.6 is 0 Å². The summed E-state index contributed by atoms with van der Waals surface area (Å²) in [5.41, 5.74) is 0. The van der Waals surface area contributed by atoms with Crippen molar-refractivity contribution in [1.82, 2.24) is 0 Å². The van der Waals surface area contributed by atoms with Gasteiger partial charge in [-0.2, -0.15) is 4.89 Å². The molecule has 0 saturated carbocycles. The van der Waals surface area contributed by atoms with E-state index in [1.165, 1.54) is 0 Å². The summed E-state index contributed by atoms with van der Waals surface area (Å²) in [5, 5.41) is 0. The first-order valence-electron chi connectivity index (χ1n) is 2.73. The van der Waals surface area contributed by atoms with Crippen LogP contribution in [0.15, 0.2) is 11.8 Å².